The number of carboxylic acid groups (broad SMARTS) is 1. The first kappa shape index (κ1) is 36.8. The molecule has 2 aromatic carbocycles. The number of nitro groups is 2. The van der Waals surface area contributed by atoms with E-state index in [1.165, 1.54) is 37.1 Å². The van der Waals surface area contributed by atoms with E-state index in [9.17, 15) is 49.3 Å². The van der Waals surface area contributed by atoms with Gasteiger partial charge in [-0.2, -0.15) is 0 Å². The van der Waals surface area contributed by atoms with Crippen molar-refractivity contribution in [3.63, 3.8) is 0 Å². The van der Waals surface area contributed by atoms with E-state index in [0.29, 0.717) is 29.5 Å². The molecule has 1 saturated heterocycles. The van der Waals surface area contributed by atoms with Crippen molar-refractivity contribution in [2.45, 2.75) is 63.6 Å². The lowest BCUT2D eigenvalue weighted by molar-refractivity contribution is -0.393. The number of hydrogen-bond acceptors (Lipinski definition) is 13. The summed E-state index contributed by atoms with van der Waals surface area (Å²) in [5.41, 5.74) is -0.928. The summed E-state index contributed by atoms with van der Waals surface area (Å²) in [7, 11) is 1.46. The van der Waals surface area contributed by atoms with Crippen LogP contribution in [0.3, 0.4) is 0 Å². The standard InChI is InChI=1S/C32H35N5O13/c1-18(34-28(38)14-19-15-29(39)49-27-17-21(48-2)9-10-22(19)27)30(40)35-13-5-6-24(35)32(43)50-26(31(41)42)7-3-4-12-33-23-11-8-20(36(44)45)16-25(23)37(46)47/h8-11,15-18,24,26,33H,3-7,12-14H2,1-2H3,(H,34,38)(H,41,42)/t18-,24-,26?/m0/s1. The highest BCUT2D eigenvalue weighted by atomic mass is 16.6. The Labute approximate surface area is 283 Å². The number of carbonyl (C=O) groups excluding carboxylic acids is 3. The molecule has 0 aliphatic carbocycles. The number of carbonyl (C=O) groups is 4. The van der Waals surface area contributed by atoms with Crippen LogP contribution in [-0.2, 0) is 30.3 Å². The van der Waals surface area contributed by atoms with Crippen LogP contribution in [0, 0.1) is 20.2 Å². The molecule has 266 valence electrons. The Kier molecular flexibility index (Phi) is 12.0. The van der Waals surface area contributed by atoms with E-state index in [0.717, 1.165) is 12.1 Å². The lowest BCUT2D eigenvalue weighted by Gasteiger charge is -2.27. The highest BCUT2D eigenvalue weighted by Gasteiger charge is 2.39. The second-order valence-corrected chi connectivity index (χ2v) is 11.5. The van der Waals surface area contributed by atoms with Gasteiger partial charge in [-0.15, -0.1) is 0 Å². The summed E-state index contributed by atoms with van der Waals surface area (Å²) in [6, 6.07) is 7.04. The van der Waals surface area contributed by atoms with Gasteiger partial charge in [-0.3, -0.25) is 29.8 Å². The molecule has 3 atom stereocenters. The maximum absolute atomic E-state index is 13.3. The van der Waals surface area contributed by atoms with Gasteiger partial charge in [-0.25, -0.2) is 14.4 Å². The lowest BCUT2D eigenvalue weighted by atomic mass is 10.1. The zero-order valence-corrected chi connectivity index (χ0v) is 27.1. The number of anilines is 1. The number of unbranched alkanes of at least 4 members (excludes halogenated alkanes) is 1. The zero-order chi connectivity index (χ0) is 36.5. The second kappa shape index (κ2) is 16.4. The number of ether oxygens (including phenoxy) is 2. The molecule has 1 fully saturated rings. The number of rotatable bonds is 16. The van der Waals surface area contributed by atoms with Gasteiger partial charge in [0, 0.05) is 36.7 Å². The van der Waals surface area contributed by atoms with Crippen molar-refractivity contribution in [1.29, 1.82) is 0 Å². The highest BCUT2D eigenvalue weighted by molar-refractivity contribution is 5.93. The van der Waals surface area contributed by atoms with Gasteiger partial charge in [0.15, 0.2) is 6.10 Å². The number of nitro benzene ring substituents is 2. The van der Waals surface area contributed by atoms with Crippen molar-refractivity contribution >= 4 is 51.8 Å². The Balaban J connectivity index is 1.29. The first-order valence-corrected chi connectivity index (χ1v) is 15.6. The number of carboxylic acids is 1. The summed E-state index contributed by atoms with van der Waals surface area (Å²) in [4.78, 5) is 85.3. The van der Waals surface area contributed by atoms with Crippen LogP contribution in [0.5, 0.6) is 5.75 Å². The topological polar surface area (TPSA) is 251 Å². The van der Waals surface area contributed by atoms with Gasteiger partial charge in [0.05, 0.1) is 29.4 Å². The van der Waals surface area contributed by atoms with E-state index in [1.807, 2.05) is 0 Å². The second-order valence-electron chi connectivity index (χ2n) is 11.5. The largest absolute Gasteiger partial charge is 0.497 e. The minimum atomic E-state index is -1.52. The summed E-state index contributed by atoms with van der Waals surface area (Å²) in [6.07, 6.45) is -0.622. The molecular formula is C32H35N5O13. The molecule has 18 heteroatoms. The fraction of sp³-hybridized carbons (Fsp3) is 0.406. The van der Waals surface area contributed by atoms with Crippen LogP contribution in [0.25, 0.3) is 11.0 Å². The van der Waals surface area contributed by atoms with E-state index in [4.69, 9.17) is 13.9 Å². The van der Waals surface area contributed by atoms with Gasteiger partial charge >= 0.3 is 17.6 Å². The zero-order valence-electron chi connectivity index (χ0n) is 27.1. The fourth-order valence-electron chi connectivity index (χ4n) is 5.60. The normalized spacial score (nSPS) is 15.2. The SMILES string of the molecule is COc1ccc2c(CC(=O)N[C@@H](C)C(=O)N3CCC[C@H]3C(=O)OC(CCCCNc3ccc([N+](=O)[O-])cc3[N+](=O)[O-])C(=O)O)cc(=O)oc2c1. The third-order valence-corrected chi connectivity index (χ3v) is 8.08. The van der Waals surface area contributed by atoms with Gasteiger partial charge in [0.2, 0.25) is 11.8 Å². The van der Waals surface area contributed by atoms with Crippen LogP contribution < -0.4 is 21.0 Å². The van der Waals surface area contributed by atoms with Gasteiger partial charge in [0.1, 0.15) is 29.1 Å². The summed E-state index contributed by atoms with van der Waals surface area (Å²) in [5, 5.41) is 37.8. The molecule has 2 heterocycles. The molecule has 2 amide bonds. The van der Waals surface area contributed by atoms with Gasteiger partial charge in [0.25, 0.3) is 11.4 Å². The van der Waals surface area contributed by atoms with Crippen molar-refractivity contribution in [1.82, 2.24) is 10.2 Å². The molecule has 1 unspecified atom stereocenters. The Morgan fingerprint density at radius 3 is 2.52 bits per heavy atom. The molecule has 3 N–H and O–H groups in total. The molecule has 3 aromatic rings. The lowest BCUT2D eigenvalue weighted by Crippen LogP contribution is -2.51. The molecule has 0 radical (unpaired) electrons. The van der Waals surface area contributed by atoms with Crippen LogP contribution in [-0.4, -0.2) is 82.0 Å². The number of nitrogens with one attached hydrogen (secondary N) is 2. The molecular weight excluding hydrogens is 662 g/mol. The summed E-state index contributed by atoms with van der Waals surface area (Å²) < 4.78 is 15.7. The van der Waals surface area contributed by atoms with Crippen LogP contribution >= 0.6 is 0 Å². The van der Waals surface area contributed by atoms with E-state index in [2.05, 4.69) is 10.6 Å². The number of nitrogens with zero attached hydrogens (tertiary/aromatic N) is 3. The molecule has 18 nitrogen and oxygen atoms in total. The number of non-ortho nitro benzene ring substituents is 1. The van der Waals surface area contributed by atoms with Gasteiger partial charge in [-0.1, -0.05) is 0 Å². The first-order valence-electron chi connectivity index (χ1n) is 15.6. The smallest absolute Gasteiger partial charge is 0.345 e. The number of esters is 1. The molecule has 0 spiro atoms. The third kappa shape index (κ3) is 9.09. The predicted octanol–water partition coefficient (Wildman–Crippen LogP) is 2.93. The number of aliphatic carboxylic acids is 1. The minimum absolute atomic E-state index is 0.0559. The molecule has 0 bridgehead atoms. The average molecular weight is 698 g/mol. The van der Waals surface area contributed by atoms with Crippen molar-refractivity contribution in [2.24, 2.45) is 0 Å². The number of amides is 2. The molecule has 1 aromatic heterocycles. The number of fused-ring (bicyclic) bond motifs is 1. The number of benzene rings is 2. The summed E-state index contributed by atoms with van der Waals surface area (Å²) in [6.45, 7) is 1.79. The molecule has 1 aliphatic heterocycles. The Hall–Kier alpha value is -6.07. The van der Waals surface area contributed by atoms with Crippen LogP contribution in [0.15, 0.2) is 51.7 Å². The van der Waals surface area contributed by atoms with Gasteiger partial charge < -0.3 is 34.5 Å². The maximum Gasteiger partial charge on any atom is 0.345 e. The monoisotopic (exact) mass is 697 g/mol. The molecule has 1 aliphatic rings. The molecule has 0 saturated carbocycles. The Bertz CT molecular complexity index is 1860. The predicted molar refractivity (Wildman–Crippen MR) is 175 cm³/mol. The molecule has 50 heavy (non-hydrogen) atoms. The number of likely N-dealkylation sites (tertiary alicyclic amines) is 1. The maximum atomic E-state index is 13.3. The summed E-state index contributed by atoms with van der Waals surface area (Å²) in [5.74, 6) is -2.97. The Morgan fingerprint density at radius 2 is 1.84 bits per heavy atom. The quantitative estimate of drug-likeness (QED) is 0.0640. The number of hydrogen-bond donors (Lipinski definition) is 3. The van der Waals surface area contributed by atoms with Crippen LogP contribution in [0.1, 0.15) is 44.6 Å². The summed E-state index contributed by atoms with van der Waals surface area (Å²) >= 11 is 0. The van der Waals surface area contributed by atoms with Crippen molar-refractivity contribution in [2.75, 3.05) is 25.5 Å². The fourth-order valence-corrected chi connectivity index (χ4v) is 5.60. The highest BCUT2D eigenvalue weighted by Crippen LogP contribution is 2.29. The van der Waals surface area contributed by atoms with Crippen LogP contribution in [0.2, 0.25) is 0 Å². The van der Waals surface area contributed by atoms with E-state index in [-0.39, 0.29) is 50.0 Å². The number of methoxy groups -OCH3 is 1. The third-order valence-electron chi connectivity index (χ3n) is 8.08. The van der Waals surface area contributed by atoms with Crippen molar-refractivity contribution < 1.29 is 48.0 Å². The average Bonchev–Trinajstić information content (AvgIpc) is 3.56. The minimum Gasteiger partial charge on any atom is -0.497 e. The van der Waals surface area contributed by atoms with E-state index in [1.54, 1.807) is 12.1 Å². The van der Waals surface area contributed by atoms with E-state index >= 15 is 0 Å². The molecule has 4 rings (SSSR count). The Morgan fingerprint density at radius 1 is 1.08 bits per heavy atom. The van der Waals surface area contributed by atoms with E-state index < -0.39 is 68.8 Å². The van der Waals surface area contributed by atoms with Gasteiger partial charge in [-0.05, 0) is 62.8 Å². The first-order chi connectivity index (χ1) is 23.8. The van der Waals surface area contributed by atoms with Crippen molar-refractivity contribution in [3.8, 4) is 5.75 Å². The van der Waals surface area contributed by atoms with Crippen molar-refractivity contribution in [3.05, 3.63) is 78.7 Å². The van der Waals surface area contributed by atoms with Crippen LogP contribution in [0.4, 0.5) is 17.1 Å².